The average Bonchev–Trinajstić information content (AvgIpc) is 2.84. The zero-order valence-corrected chi connectivity index (χ0v) is 20.4. The van der Waals surface area contributed by atoms with E-state index in [1.165, 1.54) is 0 Å². The molecule has 5 nitrogen and oxygen atoms in total. The number of ether oxygens (including phenoxy) is 1. The summed E-state index contributed by atoms with van der Waals surface area (Å²) < 4.78 is 5.85. The van der Waals surface area contributed by atoms with Gasteiger partial charge in [-0.2, -0.15) is 0 Å². The number of para-hydroxylation sites is 1. The van der Waals surface area contributed by atoms with Crippen LogP contribution in [0, 0.1) is 6.92 Å². The van der Waals surface area contributed by atoms with Crippen LogP contribution in [0.4, 0.5) is 0 Å². The Morgan fingerprint density at radius 2 is 1.68 bits per heavy atom. The number of carbonyl (C=O) groups is 2. The van der Waals surface area contributed by atoms with Crippen LogP contribution in [0.1, 0.15) is 30.0 Å². The van der Waals surface area contributed by atoms with E-state index in [4.69, 9.17) is 16.3 Å². The fourth-order valence-electron chi connectivity index (χ4n) is 3.69. The highest BCUT2D eigenvalue weighted by Crippen LogP contribution is 2.19. The van der Waals surface area contributed by atoms with Crippen molar-refractivity contribution in [2.24, 2.45) is 0 Å². The summed E-state index contributed by atoms with van der Waals surface area (Å²) in [5.74, 6) is 0.196. The van der Waals surface area contributed by atoms with Gasteiger partial charge in [0.1, 0.15) is 11.8 Å². The summed E-state index contributed by atoms with van der Waals surface area (Å²) in [7, 11) is 0. The molecule has 0 aliphatic carbocycles. The van der Waals surface area contributed by atoms with E-state index < -0.39 is 6.04 Å². The minimum Gasteiger partial charge on any atom is -0.484 e. The number of rotatable bonds is 11. The molecule has 0 spiro atoms. The summed E-state index contributed by atoms with van der Waals surface area (Å²) in [4.78, 5) is 28.4. The van der Waals surface area contributed by atoms with Gasteiger partial charge in [0.05, 0.1) is 0 Å². The Labute approximate surface area is 206 Å². The standard InChI is InChI=1S/C28H31ClN2O3/c1-3-16-30-28(33)25(18-22-11-5-4-6-12-22)31(19-23-13-9-14-24(29)17-23)27(32)20-34-26-15-8-7-10-21(26)2/h4-15,17,25H,3,16,18-20H2,1-2H3,(H,30,33)/t25-/m1/s1. The maximum Gasteiger partial charge on any atom is 0.261 e. The van der Waals surface area contributed by atoms with Crippen LogP contribution in [0.25, 0.3) is 0 Å². The molecule has 6 heteroatoms. The van der Waals surface area contributed by atoms with E-state index >= 15 is 0 Å². The van der Waals surface area contributed by atoms with Gasteiger partial charge in [-0.05, 0) is 48.2 Å². The Kier molecular flexibility index (Phi) is 9.53. The summed E-state index contributed by atoms with van der Waals surface area (Å²) in [6, 6.07) is 23.9. The van der Waals surface area contributed by atoms with Crippen molar-refractivity contribution in [2.45, 2.75) is 39.3 Å². The Morgan fingerprint density at radius 1 is 0.971 bits per heavy atom. The van der Waals surface area contributed by atoms with Crippen LogP contribution < -0.4 is 10.1 Å². The molecule has 0 aliphatic rings. The molecule has 3 rings (SSSR count). The van der Waals surface area contributed by atoms with Crippen LogP contribution >= 0.6 is 11.6 Å². The fraction of sp³-hybridized carbons (Fsp3) is 0.286. The van der Waals surface area contributed by atoms with Crippen molar-refractivity contribution in [3.63, 3.8) is 0 Å². The first-order chi connectivity index (χ1) is 16.5. The summed E-state index contributed by atoms with van der Waals surface area (Å²) >= 11 is 6.20. The molecule has 3 aromatic rings. The molecule has 0 saturated heterocycles. The number of amides is 2. The maximum atomic E-state index is 13.5. The molecule has 178 valence electrons. The lowest BCUT2D eigenvalue weighted by molar-refractivity contribution is -0.142. The number of nitrogens with one attached hydrogen (secondary N) is 1. The quantitative estimate of drug-likeness (QED) is 0.412. The van der Waals surface area contributed by atoms with Crippen molar-refractivity contribution in [2.75, 3.05) is 13.2 Å². The lowest BCUT2D eigenvalue weighted by Crippen LogP contribution is -2.51. The van der Waals surface area contributed by atoms with Gasteiger partial charge >= 0.3 is 0 Å². The zero-order valence-electron chi connectivity index (χ0n) is 19.7. The van der Waals surface area contributed by atoms with Crippen LogP contribution in [0.3, 0.4) is 0 Å². The second-order valence-corrected chi connectivity index (χ2v) is 8.64. The second-order valence-electron chi connectivity index (χ2n) is 8.20. The first-order valence-electron chi connectivity index (χ1n) is 11.5. The Bertz CT molecular complexity index is 1090. The van der Waals surface area contributed by atoms with Crippen molar-refractivity contribution in [3.8, 4) is 5.75 Å². The summed E-state index contributed by atoms with van der Waals surface area (Å²) in [6.45, 7) is 4.55. The lowest BCUT2D eigenvalue weighted by atomic mass is 10.0. The lowest BCUT2D eigenvalue weighted by Gasteiger charge is -2.31. The van der Waals surface area contributed by atoms with Gasteiger partial charge in [0.2, 0.25) is 5.91 Å². The number of benzene rings is 3. The molecule has 1 atom stereocenters. The fourth-order valence-corrected chi connectivity index (χ4v) is 3.91. The number of hydrogen-bond donors (Lipinski definition) is 1. The number of hydrogen-bond acceptors (Lipinski definition) is 3. The summed E-state index contributed by atoms with van der Waals surface area (Å²) in [6.07, 6.45) is 1.20. The van der Waals surface area contributed by atoms with Crippen molar-refractivity contribution in [1.29, 1.82) is 0 Å². The number of halogens is 1. The summed E-state index contributed by atoms with van der Waals surface area (Å²) in [5.41, 5.74) is 2.76. The van der Waals surface area contributed by atoms with Gasteiger partial charge in [-0.25, -0.2) is 0 Å². The monoisotopic (exact) mass is 478 g/mol. The van der Waals surface area contributed by atoms with Gasteiger partial charge in [-0.3, -0.25) is 9.59 Å². The van der Waals surface area contributed by atoms with E-state index in [1.807, 2.05) is 86.6 Å². The molecule has 0 aromatic heterocycles. The van der Waals surface area contributed by atoms with E-state index in [-0.39, 0.29) is 25.0 Å². The third kappa shape index (κ3) is 7.35. The molecular weight excluding hydrogens is 448 g/mol. The van der Waals surface area contributed by atoms with Gasteiger partial charge < -0.3 is 15.0 Å². The second kappa shape index (κ2) is 12.8. The first kappa shape index (κ1) is 25.3. The molecule has 0 unspecified atom stereocenters. The van der Waals surface area contributed by atoms with Crippen molar-refractivity contribution in [3.05, 3.63) is 101 Å². The molecule has 0 fully saturated rings. The van der Waals surface area contributed by atoms with E-state index in [0.717, 1.165) is 23.1 Å². The first-order valence-corrected chi connectivity index (χ1v) is 11.9. The Hall–Kier alpha value is -3.31. The molecule has 0 radical (unpaired) electrons. The number of carbonyl (C=O) groups excluding carboxylic acids is 2. The highest BCUT2D eigenvalue weighted by molar-refractivity contribution is 6.30. The SMILES string of the molecule is CCCNC(=O)[C@@H](Cc1ccccc1)N(Cc1cccc(Cl)c1)C(=O)COc1ccccc1C. The van der Waals surface area contributed by atoms with Crippen LogP contribution in [0.15, 0.2) is 78.9 Å². The van der Waals surface area contributed by atoms with Crippen LogP contribution in [-0.2, 0) is 22.6 Å². The summed E-state index contributed by atoms with van der Waals surface area (Å²) in [5, 5.41) is 3.55. The molecule has 0 aliphatic heterocycles. The van der Waals surface area contributed by atoms with E-state index in [2.05, 4.69) is 5.32 Å². The number of nitrogens with zero attached hydrogens (tertiary/aromatic N) is 1. The molecule has 1 N–H and O–H groups in total. The minimum atomic E-state index is -0.694. The molecule has 3 aromatic carbocycles. The third-order valence-electron chi connectivity index (χ3n) is 5.51. The van der Waals surface area contributed by atoms with E-state index in [9.17, 15) is 9.59 Å². The zero-order chi connectivity index (χ0) is 24.3. The maximum absolute atomic E-state index is 13.5. The minimum absolute atomic E-state index is 0.169. The highest BCUT2D eigenvalue weighted by Gasteiger charge is 2.30. The molecule has 0 bridgehead atoms. The predicted octanol–water partition coefficient (Wildman–Crippen LogP) is 5.19. The van der Waals surface area contributed by atoms with Crippen LogP contribution in [-0.4, -0.2) is 35.9 Å². The Balaban J connectivity index is 1.90. The van der Waals surface area contributed by atoms with Crippen molar-refractivity contribution < 1.29 is 14.3 Å². The van der Waals surface area contributed by atoms with Gasteiger partial charge in [0, 0.05) is 24.5 Å². The van der Waals surface area contributed by atoms with Gasteiger partial charge in [-0.15, -0.1) is 0 Å². The molecule has 0 heterocycles. The topological polar surface area (TPSA) is 58.6 Å². The van der Waals surface area contributed by atoms with E-state index in [1.54, 1.807) is 11.0 Å². The normalized spacial score (nSPS) is 11.5. The Morgan fingerprint density at radius 3 is 2.38 bits per heavy atom. The predicted molar refractivity (Wildman–Crippen MR) is 136 cm³/mol. The molecule has 2 amide bonds. The van der Waals surface area contributed by atoms with Crippen LogP contribution in [0.2, 0.25) is 5.02 Å². The average molecular weight is 479 g/mol. The van der Waals surface area contributed by atoms with E-state index in [0.29, 0.717) is 23.7 Å². The van der Waals surface area contributed by atoms with Gasteiger partial charge in [0.25, 0.3) is 5.91 Å². The van der Waals surface area contributed by atoms with Gasteiger partial charge in [-0.1, -0.05) is 79.2 Å². The van der Waals surface area contributed by atoms with Crippen molar-refractivity contribution >= 4 is 23.4 Å². The number of aryl methyl sites for hydroxylation is 1. The molecule has 0 saturated carbocycles. The van der Waals surface area contributed by atoms with Crippen molar-refractivity contribution in [1.82, 2.24) is 10.2 Å². The highest BCUT2D eigenvalue weighted by atomic mass is 35.5. The van der Waals surface area contributed by atoms with Crippen LogP contribution in [0.5, 0.6) is 5.75 Å². The third-order valence-corrected chi connectivity index (χ3v) is 5.74. The smallest absolute Gasteiger partial charge is 0.261 e. The van der Waals surface area contributed by atoms with Gasteiger partial charge in [0.15, 0.2) is 6.61 Å². The molecule has 34 heavy (non-hydrogen) atoms. The largest absolute Gasteiger partial charge is 0.484 e. The molecular formula is C28H31ClN2O3.